The molecule has 2 heterocycles. The number of rotatable bonds is 7. The van der Waals surface area contributed by atoms with Crippen LogP contribution in [-0.4, -0.2) is 89.0 Å². The highest BCUT2D eigenvalue weighted by Gasteiger charge is 2.30. The molecule has 1 unspecified atom stereocenters. The van der Waals surface area contributed by atoms with Crippen molar-refractivity contribution in [3.63, 3.8) is 0 Å². The van der Waals surface area contributed by atoms with E-state index in [4.69, 9.17) is 16.3 Å². The van der Waals surface area contributed by atoms with Crippen molar-refractivity contribution in [3.05, 3.63) is 59.6 Å². The first-order valence-electron chi connectivity index (χ1n) is 10.8. The molecule has 2 saturated heterocycles. The zero-order valence-corrected chi connectivity index (χ0v) is 19.3. The Labute approximate surface area is 190 Å². The minimum Gasteiger partial charge on any atom is -0.379 e. The molecule has 8 heteroatoms. The molecule has 2 aromatic carbocycles. The van der Waals surface area contributed by atoms with Gasteiger partial charge in [-0.1, -0.05) is 29.8 Å². The van der Waals surface area contributed by atoms with Crippen LogP contribution in [0.25, 0.3) is 0 Å². The molecule has 0 radical (unpaired) electrons. The molecule has 4 rings (SSSR count). The van der Waals surface area contributed by atoms with E-state index in [1.54, 1.807) is 24.3 Å². The number of hydrogen-bond acceptors (Lipinski definition) is 6. The third-order valence-electron chi connectivity index (χ3n) is 6.11. The second-order valence-corrected chi connectivity index (χ2v) is 10.6. The maximum absolute atomic E-state index is 13.1. The molecule has 0 aliphatic carbocycles. The Morgan fingerprint density at radius 1 is 0.871 bits per heavy atom. The van der Waals surface area contributed by atoms with Crippen molar-refractivity contribution in [1.29, 1.82) is 0 Å². The number of ether oxygens (including phenoxy) is 1. The van der Waals surface area contributed by atoms with E-state index in [1.807, 2.05) is 6.07 Å². The van der Waals surface area contributed by atoms with Crippen molar-refractivity contribution < 1.29 is 13.2 Å². The molecule has 0 amide bonds. The number of hydrogen-bond donors (Lipinski definition) is 0. The summed E-state index contributed by atoms with van der Waals surface area (Å²) >= 11 is 5.95. The number of anilines is 1. The fourth-order valence-corrected chi connectivity index (χ4v) is 6.03. The number of morpholine rings is 1. The Hall–Kier alpha value is -1.64. The minimum atomic E-state index is -3.41. The van der Waals surface area contributed by atoms with Crippen LogP contribution in [-0.2, 0) is 14.6 Å². The highest BCUT2D eigenvalue weighted by atomic mass is 35.5. The third-order valence-corrected chi connectivity index (χ3v) is 8.18. The fourth-order valence-electron chi connectivity index (χ4n) is 4.33. The number of nitrogens with zero attached hydrogens (tertiary/aromatic N) is 3. The number of sulfone groups is 1. The average molecular weight is 464 g/mol. The monoisotopic (exact) mass is 463 g/mol. The van der Waals surface area contributed by atoms with E-state index in [-0.39, 0.29) is 11.8 Å². The van der Waals surface area contributed by atoms with E-state index in [0.717, 1.165) is 45.8 Å². The molecule has 2 aromatic rings. The van der Waals surface area contributed by atoms with Crippen LogP contribution in [0.4, 0.5) is 5.69 Å². The van der Waals surface area contributed by atoms with Gasteiger partial charge in [0.2, 0.25) is 0 Å². The molecule has 0 bridgehead atoms. The lowest BCUT2D eigenvalue weighted by atomic mass is 10.2. The van der Waals surface area contributed by atoms with Gasteiger partial charge in [0.25, 0.3) is 0 Å². The molecule has 1 atom stereocenters. The van der Waals surface area contributed by atoms with Gasteiger partial charge < -0.3 is 9.64 Å². The molecule has 31 heavy (non-hydrogen) atoms. The highest BCUT2D eigenvalue weighted by Crippen LogP contribution is 2.20. The molecule has 0 aromatic heterocycles. The zero-order chi connectivity index (χ0) is 21.7. The lowest BCUT2D eigenvalue weighted by Crippen LogP contribution is -2.55. The summed E-state index contributed by atoms with van der Waals surface area (Å²) < 4.78 is 31.8. The SMILES string of the molecule is O=S(=O)(CC(CN1CCN(c2ccccc2)CC1)N1CCOCC1)c1ccc(Cl)cc1. The first kappa shape index (κ1) is 22.6. The summed E-state index contributed by atoms with van der Waals surface area (Å²) in [5.41, 5.74) is 1.25. The Morgan fingerprint density at radius 2 is 1.52 bits per heavy atom. The topological polar surface area (TPSA) is 53.1 Å². The number of benzene rings is 2. The number of piperazine rings is 1. The van der Waals surface area contributed by atoms with E-state index >= 15 is 0 Å². The van der Waals surface area contributed by atoms with Crippen molar-refractivity contribution in [1.82, 2.24) is 9.80 Å². The van der Waals surface area contributed by atoms with Crippen molar-refractivity contribution in [2.75, 3.05) is 69.7 Å². The number of halogens is 1. The first-order valence-corrected chi connectivity index (χ1v) is 12.9. The van der Waals surface area contributed by atoms with Gasteiger partial charge in [-0.05, 0) is 36.4 Å². The maximum Gasteiger partial charge on any atom is 0.179 e. The Kier molecular flexibility index (Phi) is 7.51. The zero-order valence-electron chi connectivity index (χ0n) is 17.7. The standard InChI is InChI=1S/C23H30ClN3O3S/c24-20-6-8-23(9-7-20)31(28,29)19-22(27-14-16-30-17-15-27)18-25-10-12-26(13-11-25)21-4-2-1-3-5-21/h1-9,22H,10-19H2. The molecule has 168 valence electrons. The Balaban J connectivity index is 1.43. The normalized spacial score (nSPS) is 20.0. The summed E-state index contributed by atoms with van der Waals surface area (Å²) in [5, 5.41) is 0.542. The average Bonchev–Trinajstić information content (AvgIpc) is 2.80. The van der Waals surface area contributed by atoms with Gasteiger partial charge >= 0.3 is 0 Å². The lowest BCUT2D eigenvalue weighted by molar-refractivity contribution is 0.0128. The molecular weight excluding hydrogens is 434 g/mol. The number of para-hydroxylation sites is 1. The van der Waals surface area contributed by atoms with Gasteiger partial charge in [-0.25, -0.2) is 8.42 Å². The molecular formula is C23H30ClN3O3S. The fraction of sp³-hybridized carbons (Fsp3) is 0.478. The van der Waals surface area contributed by atoms with E-state index < -0.39 is 9.84 Å². The van der Waals surface area contributed by atoms with Crippen LogP contribution in [0.3, 0.4) is 0 Å². The summed E-state index contributed by atoms with van der Waals surface area (Å²) in [5.74, 6) is 0.105. The lowest BCUT2D eigenvalue weighted by Gasteiger charge is -2.41. The summed E-state index contributed by atoms with van der Waals surface area (Å²) in [7, 11) is -3.41. The molecule has 0 saturated carbocycles. The van der Waals surface area contributed by atoms with Crippen LogP contribution in [0.2, 0.25) is 5.02 Å². The van der Waals surface area contributed by atoms with Crippen LogP contribution in [0.15, 0.2) is 59.5 Å². The molecule has 6 nitrogen and oxygen atoms in total. The van der Waals surface area contributed by atoms with Crippen LogP contribution >= 0.6 is 11.6 Å². The summed E-state index contributed by atoms with van der Waals surface area (Å²) in [6.07, 6.45) is 0. The highest BCUT2D eigenvalue weighted by molar-refractivity contribution is 7.91. The summed E-state index contributed by atoms with van der Waals surface area (Å²) in [4.78, 5) is 7.41. The van der Waals surface area contributed by atoms with Gasteiger partial charge in [0.1, 0.15) is 0 Å². The van der Waals surface area contributed by atoms with Crippen molar-refractivity contribution >= 4 is 27.1 Å². The molecule has 2 aliphatic heterocycles. The predicted octanol–water partition coefficient (Wildman–Crippen LogP) is 2.64. The van der Waals surface area contributed by atoms with Gasteiger partial charge in [-0.2, -0.15) is 0 Å². The quantitative estimate of drug-likeness (QED) is 0.629. The van der Waals surface area contributed by atoms with Crippen LogP contribution in [0.1, 0.15) is 0 Å². The molecule has 2 fully saturated rings. The van der Waals surface area contributed by atoms with Gasteiger partial charge in [-0.3, -0.25) is 9.80 Å². The van der Waals surface area contributed by atoms with E-state index in [2.05, 4.69) is 39.0 Å². The van der Waals surface area contributed by atoms with Crippen LogP contribution in [0, 0.1) is 0 Å². The van der Waals surface area contributed by atoms with Gasteiger partial charge in [-0.15, -0.1) is 0 Å². The van der Waals surface area contributed by atoms with Gasteiger partial charge in [0.05, 0.1) is 23.9 Å². The smallest absolute Gasteiger partial charge is 0.179 e. The summed E-state index contributed by atoms with van der Waals surface area (Å²) in [6.45, 7) is 7.34. The van der Waals surface area contributed by atoms with Crippen LogP contribution in [0.5, 0.6) is 0 Å². The first-order chi connectivity index (χ1) is 15.0. The largest absolute Gasteiger partial charge is 0.379 e. The second-order valence-electron chi connectivity index (χ2n) is 8.16. The Morgan fingerprint density at radius 3 is 2.16 bits per heavy atom. The molecule has 0 spiro atoms. The maximum atomic E-state index is 13.1. The van der Waals surface area contributed by atoms with Crippen LogP contribution < -0.4 is 4.90 Å². The van der Waals surface area contributed by atoms with Crippen molar-refractivity contribution in [3.8, 4) is 0 Å². The summed E-state index contributed by atoms with van der Waals surface area (Å²) in [6, 6.07) is 16.9. The molecule has 2 aliphatic rings. The van der Waals surface area contributed by atoms with Crippen molar-refractivity contribution in [2.45, 2.75) is 10.9 Å². The van der Waals surface area contributed by atoms with Crippen molar-refractivity contribution in [2.24, 2.45) is 0 Å². The molecule has 0 N–H and O–H groups in total. The van der Waals surface area contributed by atoms with E-state index in [1.165, 1.54) is 5.69 Å². The Bertz CT molecular complexity index is 926. The predicted molar refractivity (Wildman–Crippen MR) is 125 cm³/mol. The van der Waals surface area contributed by atoms with E-state index in [9.17, 15) is 8.42 Å². The van der Waals surface area contributed by atoms with E-state index in [0.29, 0.717) is 23.1 Å². The third kappa shape index (κ3) is 5.99. The minimum absolute atomic E-state index is 0.0622. The second kappa shape index (κ2) is 10.3. The van der Waals surface area contributed by atoms with Gasteiger partial charge in [0.15, 0.2) is 9.84 Å². The van der Waals surface area contributed by atoms with Gasteiger partial charge in [0, 0.05) is 62.6 Å².